The molecular formula is C17H16Cl2. The molecule has 2 rings (SSSR count). The van der Waals surface area contributed by atoms with E-state index in [1.165, 1.54) is 5.56 Å². The zero-order chi connectivity index (χ0) is 13.7. The average molecular weight is 291 g/mol. The third-order valence-electron chi connectivity index (χ3n) is 3.14. The highest BCUT2D eigenvalue weighted by atomic mass is 35.5. The molecule has 1 atom stereocenters. The van der Waals surface area contributed by atoms with Gasteiger partial charge in [0.2, 0.25) is 0 Å². The van der Waals surface area contributed by atoms with Crippen molar-refractivity contribution in [3.63, 3.8) is 0 Å². The van der Waals surface area contributed by atoms with Crippen LogP contribution in [0.25, 0.3) is 5.03 Å². The van der Waals surface area contributed by atoms with Crippen LogP contribution in [0, 0.1) is 0 Å². The monoisotopic (exact) mass is 290 g/mol. The van der Waals surface area contributed by atoms with Crippen molar-refractivity contribution >= 4 is 28.2 Å². The summed E-state index contributed by atoms with van der Waals surface area (Å²) >= 11 is 12.3. The van der Waals surface area contributed by atoms with Crippen molar-refractivity contribution < 1.29 is 0 Å². The summed E-state index contributed by atoms with van der Waals surface area (Å²) in [4.78, 5) is 0. The molecule has 2 heteroatoms. The molecule has 0 fully saturated rings. The van der Waals surface area contributed by atoms with E-state index in [0.29, 0.717) is 5.92 Å². The zero-order valence-corrected chi connectivity index (χ0v) is 12.3. The Bertz CT molecular complexity index is 541. The molecule has 0 aromatic heterocycles. The predicted octanol–water partition coefficient (Wildman–Crippen LogP) is 6.11. The molecule has 0 saturated carbocycles. The van der Waals surface area contributed by atoms with Crippen LogP contribution in [0.15, 0.2) is 60.7 Å². The normalized spacial score (nSPS) is 13.3. The van der Waals surface area contributed by atoms with Crippen molar-refractivity contribution in [3.05, 3.63) is 76.8 Å². The molecule has 98 valence electrons. The van der Waals surface area contributed by atoms with Crippen molar-refractivity contribution in [3.8, 4) is 0 Å². The fourth-order valence-corrected chi connectivity index (χ4v) is 2.44. The summed E-state index contributed by atoms with van der Waals surface area (Å²) < 4.78 is 0. The molecule has 19 heavy (non-hydrogen) atoms. The molecule has 0 aliphatic heterocycles. The Labute approximate surface area is 124 Å². The second-order valence-corrected chi connectivity index (χ2v) is 5.29. The van der Waals surface area contributed by atoms with E-state index in [0.717, 1.165) is 22.0 Å². The van der Waals surface area contributed by atoms with E-state index < -0.39 is 0 Å². The van der Waals surface area contributed by atoms with Crippen LogP contribution >= 0.6 is 23.2 Å². The van der Waals surface area contributed by atoms with Crippen molar-refractivity contribution in [2.45, 2.75) is 19.3 Å². The minimum Gasteiger partial charge on any atom is -0.0843 e. The Balaban J connectivity index is 2.25. The molecule has 0 bridgehead atoms. The van der Waals surface area contributed by atoms with Gasteiger partial charge in [-0.1, -0.05) is 78.7 Å². The van der Waals surface area contributed by atoms with Gasteiger partial charge in [0.05, 0.1) is 0 Å². The lowest BCUT2D eigenvalue weighted by Crippen LogP contribution is -1.93. The van der Waals surface area contributed by atoms with Gasteiger partial charge in [0.1, 0.15) is 0 Å². The van der Waals surface area contributed by atoms with Crippen LogP contribution in [0.4, 0.5) is 0 Å². The predicted molar refractivity (Wildman–Crippen MR) is 84.8 cm³/mol. The van der Waals surface area contributed by atoms with Crippen molar-refractivity contribution in [1.29, 1.82) is 0 Å². The van der Waals surface area contributed by atoms with E-state index in [1.807, 2.05) is 30.3 Å². The maximum Gasteiger partial charge on any atom is 0.0444 e. The van der Waals surface area contributed by atoms with Gasteiger partial charge in [-0.25, -0.2) is 0 Å². The fraction of sp³-hybridized carbons (Fsp3) is 0.176. The van der Waals surface area contributed by atoms with Gasteiger partial charge in [0, 0.05) is 16.0 Å². The highest BCUT2D eigenvalue weighted by Crippen LogP contribution is 2.28. The highest BCUT2D eigenvalue weighted by Gasteiger charge is 2.08. The lowest BCUT2D eigenvalue weighted by molar-refractivity contribution is 0.808. The largest absolute Gasteiger partial charge is 0.0843 e. The first-order valence-electron chi connectivity index (χ1n) is 6.39. The summed E-state index contributed by atoms with van der Waals surface area (Å²) in [6.45, 7) is 2.17. The van der Waals surface area contributed by atoms with Gasteiger partial charge in [-0.05, 0) is 29.7 Å². The Morgan fingerprint density at radius 1 is 1.05 bits per heavy atom. The van der Waals surface area contributed by atoms with Crippen molar-refractivity contribution in [2.75, 3.05) is 0 Å². The second kappa shape index (κ2) is 6.79. The van der Waals surface area contributed by atoms with Crippen LogP contribution in [0.5, 0.6) is 0 Å². The van der Waals surface area contributed by atoms with Gasteiger partial charge in [0.15, 0.2) is 0 Å². The van der Waals surface area contributed by atoms with Crippen LogP contribution in [0.3, 0.4) is 0 Å². The van der Waals surface area contributed by atoms with Gasteiger partial charge in [-0.15, -0.1) is 0 Å². The number of hydrogen-bond donors (Lipinski definition) is 0. The Hall–Kier alpha value is -1.24. The van der Waals surface area contributed by atoms with Gasteiger partial charge < -0.3 is 0 Å². The summed E-state index contributed by atoms with van der Waals surface area (Å²) in [5.74, 6) is 0.337. The van der Waals surface area contributed by atoms with E-state index >= 15 is 0 Å². The first kappa shape index (κ1) is 14.2. The van der Waals surface area contributed by atoms with E-state index in [9.17, 15) is 0 Å². The summed E-state index contributed by atoms with van der Waals surface area (Å²) in [7, 11) is 0. The van der Waals surface area contributed by atoms with E-state index in [1.54, 1.807) is 0 Å². The molecule has 0 aliphatic rings. The number of rotatable bonds is 4. The Morgan fingerprint density at radius 2 is 1.68 bits per heavy atom. The summed E-state index contributed by atoms with van der Waals surface area (Å²) in [5, 5.41) is 1.50. The minimum absolute atomic E-state index is 0.337. The number of hydrogen-bond acceptors (Lipinski definition) is 0. The lowest BCUT2D eigenvalue weighted by Gasteiger charge is -2.11. The quantitative estimate of drug-likeness (QED) is 0.637. The summed E-state index contributed by atoms with van der Waals surface area (Å²) in [6.07, 6.45) is 3.13. The first-order chi connectivity index (χ1) is 9.20. The molecule has 0 radical (unpaired) electrons. The molecule has 0 amide bonds. The highest BCUT2D eigenvalue weighted by molar-refractivity contribution is 6.48. The molecule has 2 aromatic rings. The van der Waals surface area contributed by atoms with Crippen LogP contribution in [-0.4, -0.2) is 0 Å². The molecule has 0 N–H and O–H groups in total. The Kier molecular flexibility index (Phi) is 5.07. The van der Waals surface area contributed by atoms with Gasteiger partial charge >= 0.3 is 0 Å². The van der Waals surface area contributed by atoms with Crippen LogP contribution in [0.1, 0.15) is 30.4 Å². The molecule has 0 heterocycles. The van der Waals surface area contributed by atoms with Crippen LogP contribution in [0.2, 0.25) is 5.02 Å². The molecule has 2 aromatic carbocycles. The van der Waals surface area contributed by atoms with Gasteiger partial charge in [-0.3, -0.25) is 0 Å². The average Bonchev–Trinajstić information content (AvgIpc) is 2.46. The zero-order valence-electron chi connectivity index (χ0n) is 10.8. The number of halogens is 2. The molecule has 1 unspecified atom stereocenters. The SMILES string of the molecule is CCC(/C=C(/Cl)c1ccc(Cl)cc1)c1ccccc1. The van der Waals surface area contributed by atoms with E-state index in [2.05, 4.69) is 37.3 Å². The van der Waals surface area contributed by atoms with Crippen LogP contribution in [-0.2, 0) is 0 Å². The van der Waals surface area contributed by atoms with Crippen molar-refractivity contribution in [1.82, 2.24) is 0 Å². The van der Waals surface area contributed by atoms with E-state index in [4.69, 9.17) is 23.2 Å². The first-order valence-corrected chi connectivity index (χ1v) is 7.14. The molecule has 0 saturated heterocycles. The molecule has 0 aliphatic carbocycles. The third-order valence-corrected chi connectivity index (χ3v) is 3.73. The summed E-state index contributed by atoms with van der Waals surface area (Å²) in [6, 6.07) is 18.0. The third kappa shape index (κ3) is 3.86. The Morgan fingerprint density at radius 3 is 2.26 bits per heavy atom. The molecular weight excluding hydrogens is 275 g/mol. The topological polar surface area (TPSA) is 0 Å². The standard InChI is InChI=1S/C17H16Cl2/c1-2-13(14-6-4-3-5-7-14)12-17(19)15-8-10-16(18)11-9-15/h3-13H,2H2,1H3/b17-12+. The molecule has 0 nitrogen and oxygen atoms in total. The van der Waals surface area contributed by atoms with Gasteiger partial charge in [0.25, 0.3) is 0 Å². The second-order valence-electron chi connectivity index (χ2n) is 4.45. The molecule has 0 spiro atoms. The maximum absolute atomic E-state index is 6.40. The summed E-state index contributed by atoms with van der Waals surface area (Å²) in [5.41, 5.74) is 2.29. The minimum atomic E-state index is 0.337. The smallest absolute Gasteiger partial charge is 0.0444 e. The van der Waals surface area contributed by atoms with Crippen molar-refractivity contribution in [2.24, 2.45) is 0 Å². The van der Waals surface area contributed by atoms with Gasteiger partial charge in [-0.2, -0.15) is 0 Å². The maximum atomic E-state index is 6.40. The number of allylic oxidation sites excluding steroid dienone is 1. The number of benzene rings is 2. The fourth-order valence-electron chi connectivity index (χ4n) is 2.03. The lowest BCUT2D eigenvalue weighted by atomic mass is 9.95. The van der Waals surface area contributed by atoms with Crippen LogP contribution < -0.4 is 0 Å². The van der Waals surface area contributed by atoms with E-state index in [-0.39, 0.29) is 0 Å².